The van der Waals surface area contributed by atoms with Gasteiger partial charge in [0.05, 0.1) is 18.1 Å². The third-order valence-electron chi connectivity index (χ3n) is 5.05. The molecule has 30 heavy (non-hydrogen) atoms. The van der Waals surface area contributed by atoms with E-state index in [9.17, 15) is 4.79 Å². The van der Waals surface area contributed by atoms with Crippen LogP contribution in [0.4, 0.5) is 0 Å². The quantitative estimate of drug-likeness (QED) is 0.276. The molecule has 2 aromatic rings. The summed E-state index contributed by atoms with van der Waals surface area (Å²) < 4.78 is 12.2. The Labute approximate surface area is 188 Å². The molecule has 158 valence electrons. The van der Waals surface area contributed by atoms with Crippen molar-refractivity contribution >= 4 is 40.3 Å². The molecular formula is C24H27NO3S2. The van der Waals surface area contributed by atoms with Crippen molar-refractivity contribution < 1.29 is 14.3 Å². The Balaban J connectivity index is 1.40. The van der Waals surface area contributed by atoms with Gasteiger partial charge in [-0.05, 0) is 53.8 Å². The molecule has 3 rings (SSSR count). The summed E-state index contributed by atoms with van der Waals surface area (Å²) in [6.45, 7) is 5.63. The van der Waals surface area contributed by atoms with Gasteiger partial charge in [0.15, 0.2) is 0 Å². The minimum absolute atomic E-state index is 0.0557. The molecule has 1 aliphatic heterocycles. The largest absolute Gasteiger partial charge is 0.493 e. The van der Waals surface area contributed by atoms with E-state index in [-0.39, 0.29) is 5.91 Å². The third kappa shape index (κ3) is 5.86. The van der Waals surface area contributed by atoms with E-state index < -0.39 is 0 Å². The summed E-state index contributed by atoms with van der Waals surface area (Å²) in [4.78, 5) is 14.2. The number of hydrogen-bond acceptors (Lipinski definition) is 5. The average Bonchev–Trinajstić information content (AvgIpc) is 3.01. The van der Waals surface area contributed by atoms with E-state index in [2.05, 4.69) is 26.0 Å². The molecule has 0 unspecified atom stereocenters. The van der Waals surface area contributed by atoms with Crippen LogP contribution in [0.5, 0.6) is 11.5 Å². The van der Waals surface area contributed by atoms with E-state index >= 15 is 0 Å². The monoisotopic (exact) mass is 441 g/mol. The summed E-state index contributed by atoms with van der Waals surface area (Å²) in [5, 5.41) is 0. The fourth-order valence-corrected chi connectivity index (χ4v) is 4.10. The van der Waals surface area contributed by atoms with Crippen LogP contribution in [0.1, 0.15) is 43.7 Å². The van der Waals surface area contributed by atoms with E-state index in [4.69, 9.17) is 21.7 Å². The summed E-state index contributed by atoms with van der Waals surface area (Å²) in [6, 6.07) is 16.0. The Hall–Kier alpha value is -2.31. The number of benzene rings is 2. The molecule has 4 nitrogen and oxygen atoms in total. The van der Waals surface area contributed by atoms with Crippen molar-refractivity contribution in [2.24, 2.45) is 0 Å². The zero-order chi connectivity index (χ0) is 21.5. The molecule has 1 heterocycles. The molecule has 0 N–H and O–H groups in total. The summed E-state index contributed by atoms with van der Waals surface area (Å²) in [6.07, 6.45) is 3.79. The second-order valence-corrected chi connectivity index (χ2v) is 8.91. The molecule has 1 saturated heterocycles. The number of nitrogens with zero attached hydrogens (tertiary/aromatic N) is 1. The van der Waals surface area contributed by atoms with Gasteiger partial charge in [-0.2, -0.15) is 0 Å². The molecule has 2 aromatic carbocycles. The Morgan fingerprint density at radius 1 is 1.03 bits per heavy atom. The summed E-state index contributed by atoms with van der Waals surface area (Å²) in [7, 11) is 1.70. The van der Waals surface area contributed by atoms with Crippen LogP contribution in [-0.2, 0) is 4.79 Å². The zero-order valence-electron chi connectivity index (χ0n) is 17.6. The van der Waals surface area contributed by atoms with Crippen LogP contribution in [0.15, 0.2) is 53.4 Å². The first-order valence-corrected chi connectivity index (χ1v) is 11.4. The molecule has 0 radical (unpaired) electrons. The Morgan fingerprint density at radius 3 is 2.10 bits per heavy atom. The first-order chi connectivity index (χ1) is 14.5. The highest BCUT2D eigenvalue weighted by Crippen LogP contribution is 2.31. The highest BCUT2D eigenvalue weighted by atomic mass is 32.2. The summed E-state index contributed by atoms with van der Waals surface area (Å²) in [5.74, 6) is 2.21. The van der Waals surface area contributed by atoms with Gasteiger partial charge in [0.25, 0.3) is 5.91 Å². The first kappa shape index (κ1) is 22.4. The fourth-order valence-electron chi connectivity index (χ4n) is 2.92. The molecule has 1 fully saturated rings. The second kappa shape index (κ2) is 10.6. The molecule has 1 atom stereocenters. The lowest BCUT2D eigenvalue weighted by Gasteiger charge is -2.11. The van der Waals surface area contributed by atoms with Gasteiger partial charge in [0, 0.05) is 13.5 Å². The van der Waals surface area contributed by atoms with Crippen molar-refractivity contribution in [2.75, 3.05) is 20.3 Å². The number of thioether (sulfide) groups is 1. The Morgan fingerprint density at radius 2 is 1.60 bits per heavy atom. The molecule has 1 amide bonds. The maximum absolute atomic E-state index is 12.1. The van der Waals surface area contributed by atoms with Crippen LogP contribution >= 0.6 is 24.0 Å². The van der Waals surface area contributed by atoms with Crippen LogP contribution in [0.2, 0.25) is 0 Å². The topological polar surface area (TPSA) is 38.8 Å². The van der Waals surface area contributed by atoms with Crippen molar-refractivity contribution in [3.05, 3.63) is 64.6 Å². The number of likely N-dealkylation sites (N-methyl/N-ethyl adjacent to an activating group) is 1. The smallest absolute Gasteiger partial charge is 0.265 e. The number of hydrogen-bond donors (Lipinski definition) is 0. The zero-order valence-corrected chi connectivity index (χ0v) is 19.2. The number of thiocarbonyl (C=S) groups is 1. The highest BCUT2D eigenvalue weighted by molar-refractivity contribution is 8.26. The van der Waals surface area contributed by atoms with Gasteiger partial charge in [-0.25, -0.2) is 0 Å². The summed E-state index contributed by atoms with van der Waals surface area (Å²) in [5.41, 5.74) is 2.29. The molecule has 6 heteroatoms. The summed E-state index contributed by atoms with van der Waals surface area (Å²) >= 11 is 6.48. The predicted molar refractivity (Wildman–Crippen MR) is 128 cm³/mol. The maximum Gasteiger partial charge on any atom is 0.265 e. The lowest BCUT2D eigenvalue weighted by molar-refractivity contribution is -0.121. The van der Waals surface area contributed by atoms with Crippen LogP contribution in [0.25, 0.3) is 6.08 Å². The standard InChI is InChI=1S/C24H27NO3S2/c1-4-17(2)19-8-12-21(13-9-19)28-15-5-14-27-20-10-6-18(7-11-20)16-22-23(26)25(3)24(29)30-22/h6-13,16-17H,4-5,14-15H2,1-3H3/b22-16+/t17-/m1/s1. The number of carbonyl (C=O) groups is 1. The van der Waals surface area contributed by atoms with Gasteiger partial charge >= 0.3 is 0 Å². The van der Waals surface area contributed by atoms with Crippen LogP contribution in [0.3, 0.4) is 0 Å². The van der Waals surface area contributed by atoms with Gasteiger partial charge in [-0.3, -0.25) is 9.69 Å². The van der Waals surface area contributed by atoms with E-state index in [1.807, 2.05) is 42.5 Å². The van der Waals surface area contributed by atoms with Gasteiger partial charge in [0.1, 0.15) is 15.8 Å². The number of rotatable bonds is 9. The van der Waals surface area contributed by atoms with Gasteiger partial charge in [-0.15, -0.1) is 0 Å². The van der Waals surface area contributed by atoms with Gasteiger partial charge < -0.3 is 9.47 Å². The van der Waals surface area contributed by atoms with Gasteiger partial charge in [-0.1, -0.05) is 62.1 Å². The van der Waals surface area contributed by atoms with Crippen molar-refractivity contribution in [2.45, 2.75) is 32.6 Å². The predicted octanol–water partition coefficient (Wildman–Crippen LogP) is 5.88. The van der Waals surface area contributed by atoms with E-state index in [1.165, 1.54) is 22.2 Å². The van der Waals surface area contributed by atoms with E-state index in [1.54, 1.807) is 7.05 Å². The normalized spacial score (nSPS) is 16.2. The lowest BCUT2D eigenvalue weighted by atomic mass is 9.99. The van der Waals surface area contributed by atoms with Crippen molar-refractivity contribution in [1.82, 2.24) is 4.90 Å². The molecule has 0 aromatic heterocycles. The van der Waals surface area contributed by atoms with Crippen LogP contribution in [-0.4, -0.2) is 35.4 Å². The lowest BCUT2D eigenvalue weighted by Crippen LogP contribution is -2.22. The molecule has 0 bridgehead atoms. The maximum atomic E-state index is 12.1. The van der Waals surface area contributed by atoms with Crippen molar-refractivity contribution in [1.29, 1.82) is 0 Å². The van der Waals surface area contributed by atoms with Crippen molar-refractivity contribution in [3.63, 3.8) is 0 Å². The minimum Gasteiger partial charge on any atom is -0.493 e. The molecule has 0 spiro atoms. The van der Waals surface area contributed by atoms with E-state index in [0.717, 1.165) is 29.9 Å². The molecular weight excluding hydrogens is 414 g/mol. The SMILES string of the molecule is CC[C@@H](C)c1ccc(OCCCOc2ccc(/C=C3/SC(=S)N(C)C3=O)cc2)cc1. The van der Waals surface area contributed by atoms with E-state index in [0.29, 0.717) is 28.4 Å². The molecule has 1 aliphatic rings. The Kier molecular flexibility index (Phi) is 7.94. The minimum atomic E-state index is -0.0557. The Bertz CT molecular complexity index is 907. The third-order valence-corrected chi connectivity index (χ3v) is 6.54. The van der Waals surface area contributed by atoms with Crippen LogP contribution < -0.4 is 9.47 Å². The highest BCUT2D eigenvalue weighted by Gasteiger charge is 2.28. The number of ether oxygens (including phenoxy) is 2. The molecule has 0 aliphatic carbocycles. The number of amides is 1. The van der Waals surface area contributed by atoms with Crippen molar-refractivity contribution in [3.8, 4) is 11.5 Å². The fraction of sp³-hybridized carbons (Fsp3) is 0.333. The van der Waals surface area contributed by atoms with Gasteiger partial charge in [0.2, 0.25) is 0 Å². The second-order valence-electron chi connectivity index (χ2n) is 7.24. The number of carbonyl (C=O) groups excluding carboxylic acids is 1. The molecule has 0 saturated carbocycles. The average molecular weight is 442 g/mol. The van der Waals surface area contributed by atoms with Crippen LogP contribution in [0, 0.1) is 0 Å². The first-order valence-electron chi connectivity index (χ1n) is 10.1.